The lowest BCUT2D eigenvalue weighted by atomic mass is 9.62. The number of likely N-dealkylation sites (tertiary alicyclic amines) is 1. The van der Waals surface area contributed by atoms with Gasteiger partial charge in [-0.15, -0.1) is 13.2 Å². The zero-order valence-corrected chi connectivity index (χ0v) is 25.8. The predicted molar refractivity (Wildman–Crippen MR) is 155 cm³/mol. The molecule has 3 unspecified atom stereocenters. The third-order valence-corrected chi connectivity index (χ3v) is 9.20. The number of fused-ring (bicyclic) bond motifs is 1. The third-order valence-electron chi connectivity index (χ3n) is 9.20. The number of ether oxygens (including phenoxy) is 2. The van der Waals surface area contributed by atoms with E-state index in [9.17, 15) is 19.5 Å². The van der Waals surface area contributed by atoms with Crippen molar-refractivity contribution in [3.05, 3.63) is 25.3 Å². The number of nitrogens with zero attached hydrogens (tertiary/aromatic N) is 2. The maximum absolute atomic E-state index is 14.8. The molecule has 226 valence electrons. The Morgan fingerprint density at radius 2 is 1.85 bits per heavy atom. The summed E-state index contributed by atoms with van der Waals surface area (Å²) < 4.78 is 12.5. The molecule has 3 rings (SSSR count). The summed E-state index contributed by atoms with van der Waals surface area (Å²) in [6.07, 6.45) is 7.21. The van der Waals surface area contributed by atoms with Crippen molar-refractivity contribution in [1.29, 1.82) is 0 Å². The highest BCUT2D eigenvalue weighted by Gasteiger charge is 2.80. The Kier molecular flexibility index (Phi) is 9.67. The maximum Gasteiger partial charge on any atom is 0.312 e. The number of esters is 1. The summed E-state index contributed by atoms with van der Waals surface area (Å²) in [7, 11) is 0. The van der Waals surface area contributed by atoms with E-state index < -0.39 is 40.6 Å². The maximum atomic E-state index is 14.8. The van der Waals surface area contributed by atoms with Crippen LogP contribution in [-0.2, 0) is 23.9 Å². The van der Waals surface area contributed by atoms with Crippen molar-refractivity contribution in [3.8, 4) is 0 Å². The Bertz CT molecular complexity index is 986. The Hall–Kier alpha value is -2.19. The van der Waals surface area contributed by atoms with Crippen LogP contribution in [0.3, 0.4) is 0 Å². The van der Waals surface area contributed by atoms with Gasteiger partial charge in [0.25, 0.3) is 0 Å². The standard InChI is InChI=1S/C32H52N2O6/c1-10-12-19-39-28(38)24-23-26(36)33(17-14-13-15-18-35)25(32(23)20-22(3)31(24,9)40-32)27(37)34(16-11-2)30(7,8)21-29(4,5)6/h10-11,22-25,35H,1-2,12-21H2,3-9H3/t22?,23-,24+,25?,31-,32?/m0/s1. The number of amides is 2. The van der Waals surface area contributed by atoms with Crippen LogP contribution in [0, 0.1) is 23.2 Å². The lowest BCUT2D eigenvalue weighted by molar-refractivity contribution is -0.163. The molecule has 3 heterocycles. The van der Waals surface area contributed by atoms with Crippen LogP contribution in [0.2, 0.25) is 0 Å². The Morgan fingerprint density at radius 3 is 2.42 bits per heavy atom. The zero-order chi connectivity index (χ0) is 30.1. The zero-order valence-electron chi connectivity index (χ0n) is 25.8. The first kappa shape index (κ1) is 32.3. The fourth-order valence-corrected chi connectivity index (χ4v) is 7.83. The summed E-state index contributed by atoms with van der Waals surface area (Å²) in [6.45, 7) is 23.1. The van der Waals surface area contributed by atoms with Crippen LogP contribution >= 0.6 is 0 Å². The smallest absolute Gasteiger partial charge is 0.312 e. The fraction of sp³-hybridized carbons (Fsp3) is 0.781. The fourth-order valence-electron chi connectivity index (χ4n) is 7.83. The number of hydrogen-bond donors (Lipinski definition) is 1. The molecule has 3 saturated heterocycles. The van der Waals surface area contributed by atoms with Gasteiger partial charge in [0.15, 0.2) is 0 Å². The number of aliphatic hydroxyl groups is 1. The number of aliphatic hydroxyl groups excluding tert-OH is 1. The molecule has 6 atom stereocenters. The van der Waals surface area contributed by atoms with Crippen molar-refractivity contribution in [3.63, 3.8) is 0 Å². The first-order chi connectivity index (χ1) is 18.6. The minimum absolute atomic E-state index is 0.0376. The second-order valence-electron chi connectivity index (χ2n) is 14.1. The molecule has 0 radical (unpaired) electrons. The van der Waals surface area contributed by atoms with Gasteiger partial charge < -0.3 is 24.4 Å². The van der Waals surface area contributed by atoms with Crippen LogP contribution < -0.4 is 0 Å². The average molecular weight is 561 g/mol. The highest BCUT2D eigenvalue weighted by atomic mass is 16.6. The second-order valence-corrected chi connectivity index (χ2v) is 14.1. The van der Waals surface area contributed by atoms with E-state index in [0.717, 1.165) is 12.8 Å². The van der Waals surface area contributed by atoms with Gasteiger partial charge in [-0.25, -0.2) is 0 Å². The molecule has 1 N–H and O–H groups in total. The molecule has 0 aromatic heterocycles. The van der Waals surface area contributed by atoms with Crippen molar-refractivity contribution in [2.45, 2.75) is 110 Å². The van der Waals surface area contributed by atoms with Crippen molar-refractivity contribution in [1.82, 2.24) is 9.80 Å². The summed E-state index contributed by atoms with van der Waals surface area (Å²) >= 11 is 0. The Balaban J connectivity index is 2.09. The first-order valence-corrected chi connectivity index (χ1v) is 14.9. The molecule has 2 amide bonds. The second kappa shape index (κ2) is 12.0. The minimum Gasteiger partial charge on any atom is -0.465 e. The highest BCUT2D eigenvalue weighted by molar-refractivity contribution is 5.98. The highest BCUT2D eigenvalue weighted by Crippen LogP contribution is 2.65. The molecule has 0 aromatic rings. The number of carbonyl (C=O) groups is 3. The quantitative estimate of drug-likeness (QED) is 0.191. The van der Waals surface area contributed by atoms with Gasteiger partial charge in [-0.1, -0.05) is 39.8 Å². The molecule has 40 heavy (non-hydrogen) atoms. The Morgan fingerprint density at radius 1 is 1.18 bits per heavy atom. The van der Waals surface area contributed by atoms with E-state index in [1.54, 1.807) is 17.1 Å². The van der Waals surface area contributed by atoms with E-state index >= 15 is 0 Å². The van der Waals surface area contributed by atoms with Gasteiger partial charge in [0.05, 0.1) is 18.1 Å². The summed E-state index contributed by atoms with van der Waals surface area (Å²) in [5.74, 6) is -2.44. The average Bonchev–Trinajstić information content (AvgIpc) is 3.35. The van der Waals surface area contributed by atoms with Crippen molar-refractivity contribution >= 4 is 17.8 Å². The molecule has 8 heteroatoms. The van der Waals surface area contributed by atoms with Crippen molar-refractivity contribution in [2.75, 3.05) is 26.3 Å². The molecular formula is C32H52N2O6. The van der Waals surface area contributed by atoms with Crippen molar-refractivity contribution < 1.29 is 29.0 Å². The largest absolute Gasteiger partial charge is 0.465 e. The van der Waals surface area contributed by atoms with E-state index in [1.807, 2.05) is 18.7 Å². The van der Waals surface area contributed by atoms with E-state index in [2.05, 4.69) is 47.8 Å². The van der Waals surface area contributed by atoms with E-state index in [0.29, 0.717) is 38.8 Å². The lowest BCUT2D eigenvalue weighted by Crippen LogP contribution is -2.61. The third kappa shape index (κ3) is 5.76. The first-order valence-electron chi connectivity index (χ1n) is 14.9. The molecule has 0 aromatic carbocycles. The summed E-state index contributed by atoms with van der Waals surface area (Å²) in [4.78, 5) is 46.1. The van der Waals surface area contributed by atoms with Gasteiger partial charge in [0.2, 0.25) is 11.8 Å². The van der Waals surface area contributed by atoms with Gasteiger partial charge in [0.1, 0.15) is 17.6 Å². The Labute approximate surface area is 241 Å². The van der Waals surface area contributed by atoms with E-state index in [1.165, 1.54) is 0 Å². The molecule has 3 aliphatic rings. The van der Waals surface area contributed by atoms with Crippen LogP contribution in [-0.4, -0.2) is 81.8 Å². The van der Waals surface area contributed by atoms with Gasteiger partial charge in [0, 0.05) is 25.2 Å². The van der Waals surface area contributed by atoms with Crippen LogP contribution in [0.4, 0.5) is 0 Å². The summed E-state index contributed by atoms with van der Waals surface area (Å²) in [6, 6.07) is -0.853. The minimum atomic E-state index is -1.11. The molecule has 1 spiro atoms. The summed E-state index contributed by atoms with van der Waals surface area (Å²) in [5.41, 5.74) is -2.57. The van der Waals surface area contributed by atoms with Crippen LogP contribution in [0.25, 0.3) is 0 Å². The van der Waals surface area contributed by atoms with Gasteiger partial charge in [-0.05, 0) is 70.6 Å². The normalized spacial score (nSPS) is 31.3. The van der Waals surface area contributed by atoms with Crippen LogP contribution in [0.1, 0.15) is 87.0 Å². The predicted octanol–water partition coefficient (Wildman–Crippen LogP) is 4.51. The number of unbranched alkanes of at least 4 members (excludes halogenated alkanes) is 2. The SMILES string of the molecule is C=CCCOC(=O)[C@H]1[C@H]2C(=O)N(CCCCCO)C(C(=O)N(CC=C)C(C)(C)CC(C)(C)C)C23CC(C)[C@]1(C)O3. The van der Waals surface area contributed by atoms with Crippen LogP contribution in [0.5, 0.6) is 0 Å². The molecule has 3 fully saturated rings. The van der Waals surface area contributed by atoms with Crippen LogP contribution in [0.15, 0.2) is 25.3 Å². The monoisotopic (exact) mass is 560 g/mol. The van der Waals surface area contributed by atoms with Gasteiger partial charge in [-0.3, -0.25) is 14.4 Å². The van der Waals surface area contributed by atoms with Crippen molar-refractivity contribution in [2.24, 2.45) is 23.2 Å². The summed E-state index contributed by atoms with van der Waals surface area (Å²) in [5, 5.41) is 9.29. The molecule has 2 bridgehead atoms. The topological polar surface area (TPSA) is 96.4 Å². The number of carbonyl (C=O) groups excluding carboxylic acids is 3. The molecule has 3 aliphatic heterocycles. The van der Waals surface area contributed by atoms with E-state index in [4.69, 9.17) is 9.47 Å². The molecule has 0 saturated carbocycles. The lowest BCUT2D eigenvalue weighted by Gasteiger charge is -2.45. The number of hydrogen-bond acceptors (Lipinski definition) is 6. The molecular weight excluding hydrogens is 508 g/mol. The number of rotatable bonds is 14. The molecule has 8 nitrogen and oxygen atoms in total. The van der Waals surface area contributed by atoms with E-state index in [-0.39, 0.29) is 36.4 Å². The van der Waals surface area contributed by atoms with Gasteiger partial charge >= 0.3 is 5.97 Å². The molecule has 0 aliphatic carbocycles. The van der Waals surface area contributed by atoms with Gasteiger partial charge in [-0.2, -0.15) is 0 Å².